The predicted octanol–water partition coefficient (Wildman–Crippen LogP) is 3.66. The number of hydrogen-bond donors (Lipinski definition) is 3. The maximum absolute atomic E-state index is 11.1. The number of rotatable bonds is 2. The Bertz CT molecular complexity index is 853. The van der Waals surface area contributed by atoms with E-state index in [0.717, 1.165) is 13.1 Å². The van der Waals surface area contributed by atoms with E-state index >= 15 is 0 Å². The van der Waals surface area contributed by atoms with Gasteiger partial charge in [-0.05, 0) is 25.2 Å². The molecule has 3 nitrogen and oxygen atoms in total. The second kappa shape index (κ2) is 8.36. The van der Waals surface area contributed by atoms with E-state index in [1.54, 1.807) is 36.4 Å². The van der Waals surface area contributed by atoms with Gasteiger partial charge in [0.2, 0.25) is 0 Å². The van der Waals surface area contributed by atoms with E-state index in [1.807, 2.05) is 0 Å². The highest BCUT2D eigenvalue weighted by atomic mass is 35.5. The Morgan fingerprint density at radius 1 is 0.852 bits per heavy atom. The molecule has 5 heteroatoms. The van der Waals surface area contributed by atoms with Crippen LogP contribution < -0.4 is 5.32 Å². The van der Waals surface area contributed by atoms with E-state index in [2.05, 4.69) is 31.0 Å². The lowest BCUT2D eigenvalue weighted by Crippen LogP contribution is -2.42. The second-order valence-corrected chi connectivity index (χ2v) is 6.81. The Hall–Kier alpha value is -1.98. The van der Waals surface area contributed by atoms with Gasteiger partial charge in [0, 0.05) is 32.3 Å². The van der Waals surface area contributed by atoms with Crippen LogP contribution in [0.5, 0.6) is 0 Å². The summed E-state index contributed by atoms with van der Waals surface area (Å²) in [5, 5.41) is 25.7. The number of terminal acetylenes is 2. The van der Waals surface area contributed by atoms with Crippen molar-refractivity contribution in [2.45, 2.75) is 25.0 Å². The summed E-state index contributed by atoms with van der Waals surface area (Å²) < 4.78 is 0. The van der Waals surface area contributed by atoms with E-state index in [0.29, 0.717) is 0 Å². The first-order valence-electron chi connectivity index (χ1n) is 8.51. The lowest BCUT2D eigenvalue weighted by atomic mass is 9.68. The monoisotopic (exact) mass is 401 g/mol. The second-order valence-electron chi connectivity index (χ2n) is 5.99. The van der Waals surface area contributed by atoms with E-state index in [4.69, 9.17) is 36.0 Å². The molecule has 3 rings (SSSR count). The molecular weight excluding hydrogens is 381 g/mol. The van der Waals surface area contributed by atoms with Gasteiger partial charge in [-0.3, -0.25) is 0 Å². The third kappa shape index (κ3) is 3.46. The number of fused-ring (bicyclic) bond motifs is 2. The van der Waals surface area contributed by atoms with E-state index in [1.165, 1.54) is 0 Å². The minimum atomic E-state index is -1.82. The van der Waals surface area contributed by atoms with Crippen molar-refractivity contribution >= 4 is 23.2 Å². The summed E-state index contributed by atoms with van der Waals surface area (Å²) in [6, 6.07) is 9.57. The third-order valence-electron chi connectivity index (χ3n) is 4.45. The van der Waals surface area contributed by atoms with Gasteiger partial charge in [0.15, 0.2) is 11.2 Å². The first-order valence-corrected chi connectivity index (χ1v) is 9.27. The SMILES string of the molecule is C#C[C@@]1(O)c2cccc(Cl)c2[C@@](O)(C#C)c2cccc(Cl)c21.CCNCC. The summed E-state index contributed by atoms with van der Waals surface area (Å²) in [5.74, 6) is 4.71. The van der Waals surface area contributed by atoms with Crippen molar-refractivity contribution in [2.75, 3.05) is 13.1 Å². The van der Waals surface area contributed by atoms with Gasteiger partial charge in [0.1, 0.15) is 0 Å². The van der Waals surface area contributed by atoms with Crippen molar-refractivity contribution in [3.05, 3.63) is 68.7 Å². The molecule has 0 aliphatic heterocycles. The summed E-state index contributed by atoms with van der Waals surface area (Å²) in [7, 11) is 0. The molecule has 0 aromatic heterocycles. The van der Waals surface area contributed by atoms with Crippen LogP contribution in [0.3, 0.4) is 0 Å². The van der Waals surface area contributed by atoms with Crippen molar-refractivity contribution in [3.8, 4) is 24.7 Å². The Morgan fingerprint density at radius 2 is 1.22 bits per heavy atom. The molecular formula is C22H21Cl2NO2. The normalized spacial score (nSPS) is 22.4. The number of hydrogen-bond acceptors (Lipinski definition) is 3. The average Bonchev–Trinajstić information content (AvgIpc) is 2.67. The minimum absolute atomic E-state index is 0.203. The maximum atomic E-state index is 11.1. The van der Waals surface area contributed by atoms with Crippen molar-refractivity contribution in [1.82, 2.24) is 5.32 Å². The summed E-state index contributed by atoms with van der Waals surface area (Å²) in [4.78, 5) is 0. The topological polar surface area (TPSA) is 52.5 Å². The van der Waals surface area contributed by atoms with Gasteiger partial charge in [-0.25, -0.2) is 0 Å². The predicted molar refractivity (Wildman–Crippen MR) is 111 cm³/mol. The third-order valence-corrected chi connectivity index (χ3v) is 5.08. The van der Waals surface area contributed by atoms with Crippen molar-refractivity contribution in [1.29, 1.82) is 0 Å². The Labute approximate surface area is 170 Å². The lowest BCUT2D eigenvalue weighted by Gasteiger charge is -2.40. The molecule has 1 aliphatic rings. The number of benzene rings is 2. The molecule has 0 heterocycles. The van der Waals surface area contributed by atoms with E-state index in [9.17, 15) is 10.2 Å². The molecule has 3 N–H and O–H groups in total. The van der Waals surface area contributed by atoms with Gasteiger partial charge in [0.25, 0.3) is 0 Å². The molecule has 140 valence electrons. The summed E-state index contributed by atoms with van der Waals surface area (Å²) >= 11 is 12.5. The quantitative estimate of drug-likeness (QED) is 0.672. The highest BCUT2D eigenvalue weighted by Crippen LogP contribution is 2.51. The lowest BCUT2D eigenvalue weighted by molar-refractivity contribution is 0.0948. The van der Waals surface area contributed by atoms with Crippen LogP contribution in [0, 0.1) is 24.7 Å². The van der Waals surface area contributed by atoms with Crippen LogP contribution in [0.2, 0.25) is 10.0 Å². The number of halogens is 2. The Kier molecular flexibility index (Phi) is 6.60. The fourth-order valence-corrected chi connectivity index (χ4v) is 3.83. The van der Waals surface area contributed by atoms with Crippen LogP contribution in [-0.2, 0) is 11.2 Å². The van der Waals surface area contributed by atoms with Gasteiger partial charge < -0.3 is 15.5 Å². The van der Waals surface area contributed by atoms with Gasteiger partial charge in [-0.1, -0.05) is 73.2 Å². The first-order chi connectivity index (χ1) is 12.8. The van der Waals surface area contributed by atoms with Crippen LogP contribution >= 0.6 is 23.2 Å². The van der Waals surface area contributed by atoms with Gasteiger partial charge in [0.05, 0.1) is 0 Å². The van der Waals surface area contributed by atoms with Crippen LogP contribution in [0.1, 0.15) is 36.1 Å². The largest absolute Gasteiger partial charge is 0.369 e. The molecule has 0 saturated heterocycles. The summed E-state index contributed by atoms with van der Waals surface area (Å²) in [6.07, 6.45) is 11.2. The Balaban J connectivity index is 0.000000465. The van der Waals surface area contributed by atoms with E-state index < -0.39 is 11.2 Å². The van der Waals surface area contributed by atoms with Crippen molar-refractivity contribution < 1.29 is 10.2 Å². The molecule has 0 unspecified atom stereocenters. The standard InChI is InChI=1S/C18H10Cl2O2.C4H11N/c1-3-17(21)11-7-5-10-14(20)16(11)18(22,4-2)12-8-6-9-13(19)15(12)17;1-3-5-4-2/h1-2,5-10,21-22H;5H,3-4H2,1-2H3/t17-,18-;/m1./s1. The molecule has 2 atom stereocenters. The van der Waals surface area contributed by atoms with Crippen LogP contribution in [0.4, 0.5) is 0 Å². The number of aliphatic hydroxyl groups is 2. The van der Waals surface area contributed by atoms with Gasteiger partial charge in [-0.15, -0.1) is 12.8 Å². The highest BCUT2D eigenvalue weighted by molar-refractivity contribution is 6.32. The minimum Gasteiger partial charge on any atom is -0.369 e. The van der Waals surface area contributed by atoms with Crippen molar-refractivity contribution in [3.63, 3.8) is 0 Å². The van der Waals surface area contributed by atoms with Crippen LogP contribution in [0.25, 0.3) is 0 Å². The first kappa shape index (κ1) is 21.3. The fourth-order valence-electron chi connectivity index (χ4n) is 3.21. The zero-order valence-electron chi connectivity index (χ0n) is 15.2. The molecule has 0 bridgehead atoms. The smallest absolute Gasteiger partial charge is 0.178 e. The zero-order chi connectivity index (χ0) is 20.2. The molecule has 1 aliphatic carbocycles. The molecule has 0 saturated carbocycles. The molecule has 0 fully saturated rings. The molecule has 27 heavy (non-hydrogen) atoms. The van der Waals surface area contributed by atoms with E-state index in [-0.39, 0.29) is 32.3 Å². The van der Waals surface area contributed by atoms with Crippen molar-refractivity contribution in [2.24, 2.45) is 0 Å². The fraction of sp³-hybridized carbons (Fsp3) is 0.273. The zero-order valence-corrected chi connectivity index (χ0v) is 16.7. The van der Waals surface area contributed by atoms with Gasteiger partial charge in [-0.2, -0.15) is 0 Å². The number of nitrogens with one attached hydrogen (secondary N) is 1. The highest BCUT2D eigenvalue weighted by Gasteiger charge is 2.50. The molecule has 0 spiro atoms. The molecule has 0 amide bonds. The molecule has 2 aromatic carbocycles. The maximum Gasteiger partial charge on any atom is 0.178 e. The van der Waals surface area contributed by atoms with Crippen LogP contribution in [0.15, 0.2) is 36.4 Å². The molecule has 2 aromatic rings. The van der Waals surface area contributed by atoms with Crippen LogP contribution in [-0.4, -0.2) is 23.3 Å². The summed E-state index contributed by atoms with van der Waals surface area (Å²) in [6.45, 7) is 6.39. The summed E-state index contributed by atoms with van der Waals surface area (Å²) in [5.41, 5.74) is -2.73. The molecule has 0 radical (unpaired) electrons. The Morgan fingerprint density at radius 3 is 1.48 bits per heavy atom. The van der Waals surface area contributed by atoms with Gasteiger partial charge >= 0.3 is 0 Å². The average molecular weight is 402 g/mol.